The lowest BCUT2D eigenvalue weighted by Gasteiger charge is -2.28. The number of nitrogens with zero attached hydrogens (tertiary/aromatic N) is 4. The molecule has 5 rings (SSSR count). The van der Waals surface area contributed by atoms with Crippen LogP contribution in [0.2, 0.25) is 0 Å². The van der Waals surface area contributed by atoms with Crippen LogP contribution in [-0.2, 0) is 11.3 Å². The monoisotopic (exact) mass is 368 g/mol. The van der Waals surface area contributed by atoms with Gasteiger partial charge in [-0.15, -0.1) is 0 Å². The summed E-state index contributed by atoms with van der Waals surface area (Å²) < 4.78 is 8.26. The van der Waals surface area contributed by atoms with Gasteiger partial charge in [0.05, 0.1) is 17.8 Å². The van der Waals surface area contributed by atoms with Crippen molar-refractivity contribution in [2.24, 2.45) is 4.99 Å². The van der Waals surface area contributed by atoms with Gasteiger partial charge in [-0.25, -0.2) is 0 Å². The van der Waals surface area contributed by atoms with E-state index < -0.39 is 0 Å². The van der Waals surface area contributed by atoms with Crippen molar-refractivity contribution in [2.45, 2.75) is 49.7 Å². The molecule has 0 N–H and O–H groups in total. The molecule has 2 aromatic rings. The fraction of sp³-hybridized carbons (Fsp3) is 0.500. The first-order chi connectivity index (χ1) is 12.8. The predicted molar refractivity (Wildman–Crippen MR) is 104 cm³/mol. The minimum atomic E-state index is 0.0596. The van der Waals surface area contributed by atoms with E-state index in [1.807, 2.05) is 24.0 Å². The average Bonchev–Trinajstić information content (AvgIpc) is 3.41. The van der Waals surface area contributed by atoms with Gasteiger partial charge in [-0.2, -0.15) is 0 Å². The Hall–Kier alpha value is -1.79. The lowest BCUT2D eigenvalue weighted by molar-refractivity contribution is 0.0953. The third kappa shape index (κ3) is 2.85. The highest BCUT2D eigenvalue weighted by atomic mass is 32.2. The van der Waals surface area contributed by atoms with Crippen molar-refractivity contribution in [3.8, 4) is 0 Å². The van der Waals surface area contributed by atoms with E-state index >= 15 is 0 Å². The molecule has 0 radical (unpaired) electrons. The number of rotatable bonds is 4. The summed E-state index contributed by atoms with van der Waals surface area (Å²) in [6.07, 6.45) is 6.73. The first-order valence-corrected chi connectivity index (χ1v) is 10.4. The van der Waals surface area contributed by atoms with E-state index in [-0.39, 0.29) is 12.1 Å². The zero-order valence-electron chi connectivity index (χ0n) is 15.0. The van der Waals surface area contributed by atoms with Gasteiger partial charge in [0.2, 0.25) is 0 Å². The zero-order valence-corrected chi connectivity index (χ0v) is 15.8. The van der Waals surface area contributed by atoms with Gasteiger partial charge in [-0.3, -0.25) is 9.98 Å². The maximum absolute atomic E-state index is 5.88. The van der Waals surface area contributed by atoms with E-state index in [1.165, 1.54) is 17.3 Å². The van der Waals surface area contributed by atoms with Crippen LogP contribution in [0, 0.1) is 0 Å². The molecule has 136 valence electrons. The lowest BCUT2D eigenvalue weighted by Crippen LogP contribution is -2.31. The number of pyridine rings is 1. The molecule has 26 heavy (non-hydrogen) atoms. The van der Waals surface area contributed by atoms with Crippen molar-refractivity contribution in [3.05, 3.63) is 54.1 Å². The smallest absolute Gasteiger partial charge is 0.160 e. The number of aliphatic imine (C=N–C) groups is 1. The van der Waals surface area contributed by atoms with Crippen LogP contribution in [0.15, 0.2) is 47.7 Å². The summed E-state index contributed by atoms with van der Waals surface area (Å²) in [5.74, 6) is 0. The Morgan fingerprint density at radius 3 is 3.04 bits per heavy atom. The Bertz CT molecular complexity index is 799. The summed E-state index contributed by atoms with van der Waals surface area (Å²) in [5.41, 5.74) is 2.38. The average molecular weight is 369 g/mol. The maximum Gasteiger partial charge on any atom is 0.160 e. The second kappa shape index (κ2) is 6.74. The minimum Gasteiger partial charge on any atom is -0.376 e. The van der Waals surface area contributed by atoms with E-state index in [0.29, 0.717) is 11.4 Å². The second-order valence-corrected chi connectivity index (χ2v) is 8.76. The highest BCUT2D eigenvalue weighted by Crippen LogP contribution is 2.47. The van der Waals surface area contributed by atoms with Crippen molar-refractivity contribution in [1.29, 1.82) is 0 Å². The third-order valence-electron chi connectivity index (χ3n) is 5.47. The molecule has 0 aliphatic carbocycles. The van der Waals surface area contributed by atoms with Crippen LogP contribution in [0.3, 0.4) is 0 Å². The molecular formula is C20H24N4OS. The number of hydrogen-bond donors (Lipinski definition) is 0. The van der Waals surface area contributed by atoms with Gasteiger partial charge in [0.1, 0.15) is 6.04 Å². The van der Waals surface area contributed by atoms with Gasteiger partial charge < -0.3 is 14.2 Å². The number of thioether (sulfide) groups is 1. The Kier molecular flexibility index (Phi) is 4.25. The quantitative estimate of drug-likeness (QED) is 0.826. The topological polar surface area (TPSA) is 42.7 Å². The molecule has 5 heterocycles. The van der Waals surface area contributed by atoms with Crippen molar-refractivity contribution >= 4 is 16.9 Å². The van der Waals surface area contributed by atoms with Crippen LogP contribution in [0.25, 0.3) is 0 Å². The summed E-state index contributed by atoms with van der Waals surface area (Å²) in [6.45, 7) is 5.15. The molecule has 5 nitrogen and oxygen atoms in total. The molecular weight excluding hydrogens is 344 g/mol. The molecule has 2 aromatic heterocycles. The SMILES string of the molecule is C[C@H]1CN2C(=N[C@H](c3ccccn3)[C@@H]2c2cccn2C[C@@H]2CCCO2)S1. The van der Waals surface area contributed by atoms with Crippen LogP contribution in [0.4, 0.5) is 0 Å². The number of ether oxygens (including phenoxy) is 1. The van der Waals surface area contributed by atoms with E-state index in [4.69, 9.17) is 9.73 Å². The predicted octanol–water partition coefficient (Wildman–Crippen LogP) is 3.65. The highest BCUT2D eigenvalue weighted by molar-refractivity contribution is 8.14. The molecule has 6 heteroatoms. The zero-order chi connectivity index (χ0) is 17.5. The molecule has 3 aliphatic heterocycles. The highest BCUT2D eigenvalue weighted by Gasteiger charge is 2.44. The van der Waals surface area contributed by atoms with Gasteiger partial charge in [0.25, 0.3) is 0 Å². The van der Waals surface area contributed by atoms with Gasteiger partial charge in [-0.05, 0) is 37.1 Å². The number of amidine groups is 1. The molecule has 0 saturated carbocycles. The van der Waals surface area contributed by atoms with E-state index in [9.17, 15) is 0 Å². The van der Waals surface area contributed by atoms with Crippen LogP contribution < -0.4 is 0 Å². The lowest BCUT2D eigenvalue weighted by atomic mass is 10.0. The number of fused-ring (bicyclic) bond motifs is 1. The largest absolute Gasteiger partial charge is 0.376 e. The Labute approximate surface area is 158 Å². The standard InChI is InChI=1S/C20H24N4OS/c1-14-12-24-19(17-8-4-10-23(17)13-15-6-5-11-25-15)18(22-20(24)26-14)16-7-2-3-9-21-16/h2-4,7-10,14-15,18-19H,5-6,11-13H2,1H3/t14-,15-,18+,19-/m0/s1. The van der Waals surface area contributed by atoms with Gasteiger partial charge >= 0.3 is 0 Å². The minimum absolute atomic E-state index is 0.0596. The fourth-order valence-corrected chi connectivity index (χ4v) is 5.40. The van der Waals surface area contributed by atoms with E-state index in [0.717, 1.165) is 31.8 Å². The number of hydrogen-bond acceptors (Lipinski definition) is 5. The Balaban J connectivity index is 1.50. The third-order valence-corrected chi connectivity index (χ3v) is 6.58. The molecule has 2 fully saturated rings. The molecule has 4 atom stereocenters. The van der Waals surface area contributed by atoms with E-state index in [1.54, 1.807) is 0 Å². The first kappa shape index (κ1) is 16.4. The van der Waals surface area contributed by atoms with Crippen molar-refractivity contribution in [1.82, 2.24) is 14.5 Å². The van der Waals surface area contributed by atoms with Crippen LogP contribution in [0.1, 0.15) is 43.2 Å². The van der Waals surface area contributed by atoms with Crippen molar-refractivity contribution in [3.63, 3.8) is 0 Å². The normalized spacial score (nSPS) is 30.7. The summed E-state index contributed by atoms with van der Waals surface area (Å²) in [7, 11) is 0. The molecule has 0 bridgehead atoms. The Morgan fingerprint density at radius 2 is 2.23 bits per heavy atom. The number of aromatic nitrogens is 2. The molecule has 0 spiro atoms. The summed E-state index contributed by atoms with van der Waals surface area (Å²) >= 11 is 1.89. The Morgan fingerprint density at radius 1 is 1.27 bits per heavy atom. The summed E-state index contributed by atoms with van der Waals surface area (Å²) in [6, 6.07) is 10.8. The van der Waals surface area contributed by atoms with E-state index in [2.05, 4.69) is 51.8 Å². The summed E-state index contributed by atoms with van der Waals surface area (Å²) in [5, 5.41) is 1.76. The maximum atomic E-state index is 5.88. The second-order valence-electron chi connectivity index (χ2n) is 7.36. The molecule has 0 unspecified atom stereocenters. The molecule has 2 saturated heterocycles. The van der Waals surface area contributed by atoms with Gasteiger partial charge in [0.15, 0.2) is 5.17 Å². The van der Waals surface area contributed by atoms with Crippen LogP contribution in [0.5, 0.6) is 0 Å². The van der Waals surface area contributed by atoms with Crippen molar-refractivity contribution < 1.29 is 4.74 Å². The van der Waals surface area contributed by atoms with Crippen molar-refractivity contribution in [2.75, 3.05) is 13.2 Å². The first-order valence-electron chi connectivity index (χ1n) is 9.48. The van der Waals surface area contributed by atoms with Gasteiger partial charge in [0, 0.05) is 43.0 Å². The van der Waals surface area contributed by atoms with Crippen LogP contribution >= 0.6 is 11.8 Å². The molecule has 3 aliphatic rings. The van der Waals surface area contributed by atoms with Crippen LogP contribution in [-0.4, -0.2) is 44.1 Å². The molecule has 0 aromatic carbocycles. The van der Waals surface area contributed by atoms with Gasteiger partial charge in [-0.1, -0.05) is 24.8 Å². The molecule has 0 amide bonds. The fourth-order valence-electron chi connectivity index (χ4n) is 4.31. The summed E-state index contributed by atoms with van der Waals surface area (Å²) in [4.78, 5) is 12.2.